The second kappa shape index (κ2) is 7.06. The van der Waals surface area contributed by atoms with Crippen LogP contribution in [0.25, 0.3) is 21.7 Å². The van der Waals surface area contributed by atoms with E-state index >= 15 is 0 Å². The lowest BCUT2D eigenvalue weighted by Crippen LogP contribution is -2.16. The Morgan fingerprint density at radius 2 is 1.85 bits per heavy atom. The molecule has 0 aliphatic heterocycles. The minimum atomic E-state index is -0.373. The molecule has 1 heterocycles. The number of hydrogen-bond acceptors (Lipinski definition) is 4. The van der Waals surface area contributed by atoms with Crippen LogP contribution in [-0.4, -0.2) is 18.4 Å². The fraction of sp³-hybridized carbons (Fsp3) is 0.0476. The first-order valence-corrected chi connectivity index (χ1v) is 9.36. The summed E-state index contributed by atoms with van der Waals surface area (Å²) < 4.78 is 5.68. The monoisotopic (exact) mass is 360 g/mol. The van der Waals surface area contributed by atoms with Crippen molar-refractivity contribution in [3.63, 3.8) is 0 Å². The van der Waals surface area contributed by atoms with Crippen molar-refractivity contribution in [3.8, 4) is 0 Å². The number of thioether (sulfide) groups is 1. The zero-order chi connectivity index (χ0) is 17.9. The summed E-state index contributed by atoms with van der Waals surface area (Å²) in [6.45, 7) is 0. The molecule has 4 rings (SSSR count). The number of amides is 1. The van der Waals surface area contributed by atoms with Crippen LogP contribution in [0.4, 0.5) is 0 Å². The highest BCUT2D eigenvalue weighted by molar-refractivity contribution is 7.98. The van der Waals surface area contributed by atoms with Crippen LogP contribution in [0.2, 0.25) is 0 Å². The number of benzene rings is 3. The predicted octanol–water partition coefficient (Wildman–Crippen LogP) is 5.07. The third-order valence-electron chi connectivity index (χ3n) is 4.15. The Balaban J connectivity index is 1.54. The molecule has 128 valence electrons. The van der Waals surface area contributed by atoms with Gasteiger partial charge >= 0.3 is 5.91 Å². The number of fused-ring (bicyclic) bond motifs is 3. The lowest BCUT2D eigenvalue weighted by Gasteiger charge is -1.97. The zero-order valence-corrected chi connectivity index (χ0v) is 14.9. The molecule has 1 amide bonds. The van der Waals surface area contributed by atoms with Gasteiger partial charge in [0.05, 0.1) is 6.21 Å². The average molecular weight is 360 g/mol. The minimum absolute atomic E-state index is 0.242. The molecule has 0 aliphatic carbocycles. The zero-order valence-electron chi connectivity index (χ0n) is 14.1. The number of hydrazone groups is 1. The van der Waals surface area contributed by atoms with Gasteiger partial charge in [-0.3, -0.25) is 4.79 Å². The molecular weight excluding hydrogens is 344 g/mol. The molecule has 4 aromatic rings. The highest BCUT2D eigenvalue weighted by Gasteiger charge is 2.13. The first kappa shape index (κ1) is 16.4. The quantitative estimate of drug-likeness (QED) is 0.314. The fourth-order valence-electron chi connectivity index (χ4n) is 2.81. The van der Waals surface area contributed by atoms with Crippen molar-refractivity contribution < 1.29 is 9.21 Å². The lowest BCUT2D eigenvalue weighted by molar-refractivity contribution is 0.0929. The summed E-state index contributed by atoms with van der Waals surface area (Å²) in [7, 11) is 0. The van der Waals surface area contributed by atoms with E-state index in [9.17, 15) is 4.79 Å². The van der Waals surface area contributed by atoms with Gasteiger partial charge in [0, 0.05) is 10.3 Å². The van der Waals surface area contributed by atoms with E-state index in [0.29, 0.717) is 5.58 Å². The van der Waals surface area contributed by atoms with Crippen LogP contribution in [0.3, 0.4) is 0 Å². The molecule has 4 nitrogen and oxygen atoms in total. The first-order valence-electron chi connectivity index (χ1n) is 8.13. The van der Waals surface area contributed by atoms with Crippen molar-refractivity contribution in [3.05, 3.63) is 78.1 Å². The largest absolute Gasteiger partial charge is 0.451 e. The lowest BCUT2D eigenvalue weighted by atomic mass is 10.1. The topological polar surface area (TPSA) is 54.6 Å². The molecule has 5 heteroatoms. The first-order chi connectivity index (χ1) is 12.7. The Bertz CT molecular complexity index is 1110. The van der Waals surface area contributed by atoms with Crippen molar-refractivity contribution in [2.45, 2.75) is 4.90 Å². The van der Waals surface area contributed by atoms with Crippen molar-refractivity contribution in [2.24, 2.45) is 5.10 Å². The van der Waals surface area contributed by atoms with Crippen molar-refractivity contribution >= 4 is 45.6 Å². The standard InChI is InChI=1S/C21H16N2O2S/c1-26-16-9-6-14(7-10-16)13-22-23-21(24)20-12-18-17-5-3-2-4-15(17)8-11-19(18)25-20/h2-13H,1H3,(H,23,24)/b22-13-. The summed E-state index contributed by atoms with van der Waals surface area (Å²) in [6.07, 6.45) is 3.64. The summed E-state index contributed by atoms with van der Waals surface area (Å²) in [5.74, 6) is -0.131. The Morgan fingerprint density at radius 3 is 2.65 bits per heavy atom. The molecule has 3 aromatic carbocycles. The van der Waals surface area contributed by atoms with Crippen LogP contribution >= 0.6 is 11.8 Å². The SMILES string of the molecule is CSc1ccc(/C=N\NC(=O)c2cc3c(ccc4ccccc43)o2)cc1. The number of furan rings is 1. The maximum absolute atomic E-state index is 12.3. The van der Waals surface area contributed by atoms with Crippen LogP contribution in [0.1, 0.15) is 16.1 Å². The Hall–Kier alpha value is -3.05. The average Bonchev–Trinajstić information content (AvgIpc) is 3.13. The Morgan fingerprint density at radius 1 is 1.04 bits per heavy atom. The van der Waals surface area contributed by atoms with E-state index in [-0.39, 0.29) is 11.7 Å². The molecule has 0 radical (unpaired) electrons. The van der Waals surface area contributed by atoms with E-state index in [2.05, 4.69) is 10.5 Å². The summed E-state index contributed by atoms with van der Waals surface area (Å²) in [6, 6.07) is 21.6. The molecule has 0 unspecified atom stereocenters. The normalized spacial score (nSPS) is 11.4. The molecular formula is C21H16N2O2S. The van der Waals surface area contributed by atoms with E-state index in [1.54, 1.807) is 24.0 Å². The Labute approximate surface area is 154 Å². The molecule has 0 saturated carbocycles. The van der Waals surface area contributed by atoms with E-state index in [0.717, 1.165) is 21.7 Å². The van der Waals surface area contributed by atoms with Crippen molar-refractivity contribution in [1.29, 1.82) is 0 Å². The molecule has 1 N–H and O–H groups in total. The molecule has 26 heavy (non-hydrogen) atoms. The third kappa shape index (κ3) is 3.21. The molecule has 0 saturated heterocycles. The van der Waals surface area contributed by atoms with Gasteiger partial charge in [-0.25, -0.2) is 5.43 Å². The van der Waals surface area contributed by atoms with Gasteiger partial charge < -0.3 is 4.42 Å². The number of nitrogens with one attached hydrogen (secondary N) is 1. The van der Waals surface area contributed by atoms with Crippen LogP contribution in [0.15, 0.2) is 81.1 Å². The minimum Gasteiger partial charge on any atom is -0.451 e. The van der Waals surface area contributed by atoms with Gasteiger partial charge in [0.1, 0.15) is 5.58 Å². The van der Waals surface area contributed by atoms with Gasteiger partial charge in [0.25, 0.3) is 0 Å². The maximum Gasteiger partial charge on any atom is 0.307 e. The summed E-state index contributed by atoms with van der Waals surface area (Å²) in [4.78, 5) is 13.5. The molecule has 0 fully saturated rings. The van der Waals surface area contributed by atoms with Gasteiger partial charge in [0.15, 0.2) is 5.76 Å². The second-order valence-corrected chi connectivity index (χ2v) is 6.66. The third-order valence-corrected chi connectivity index (χ3v) is 4.89. The van der Waals surface area contributed by atoms with E-state index < -0.39 is 0 Å². The van der Waals surface area contributed by atoms with Gasteiger partial charge in [-0.1, -0.05) is 42.5 Å². The fourth-order valence-corrected chi connectivity index (χ4v) is 3.22. The molecule has 0 bridgehead atoms. The van der Waals surface area contributed by atoms with Crippen LogP contribution in [0.5, 0.6) is 0 Å². The summed E-state index contributed by atoms with van der Waals surface area (Å²) in [5.41, 5.74) is 4.12. The predicted molar refractivity (Wildman–Crippen MR) is 107 cm³/mol. The van der Waals surface area contributed by atoms with E-state index in [1.807, 2.05) is 66.9 Å². The maximum atomic E-state index is 12.3. The molecule has 0 atom stereocenters. The number of rotatable bonds is 4. The Kier molecular flexibility index (Phi) is 4.46. The second-order valence-electron chi connectivity index (χ2n) is 5.78. The highest BCUT2D eigenvalue weighted by Crippen LogP contribution is 2.28. The molecule has 0 aliphatic rings. The van der Waals surface area contributed by atoms with E-state index in [1.165, 1.54) is 4.90 Å². The van der Waals surface area contributed by atoms with Gasteiger partial charge in [-0.05, 0) is 46.9 Å². The van der Waals surface area contributed by atoms with Crippen LogP contribution in [-0.2, 0) is 0 Å². The summed E-state index contributed by atoms with van der Waals surface area (Å²) in [5, 5.41) is 7.11. The van der Waals surface area contributed by atoms with Gasteiger partial charge in [-0.2, -0.15) is 5.10 Å². The van der Waals surface area contributed by atoms with Crippen molar-refractivity contribution in [1.82, 2.24) is 5.43 Å². The molecule has 0 spiro atoms. The van der Waals surface area contributed by atoms with Crippen LogP contribution < -0.4 is 5.43 Å². The van der Waals surface area contributed by atoms with E-state index in [4.69, 9.17) is 4.42 Å². The number of carbonyl (C=O) groups is 1. The van der Waals surface area contributed by atoms with Gasteiger partial charge in [-0.15, -0.1) is 11.8 Å². The van der Waals surface area contributed by atoms with Gasteiger partial charge in [0.2, 0.25) is 0 Å². The highest BCUT2D eigenvalue weighted by atomic mass is 32.2. The smallest absolute Gasteiger partial charge is 0.307 e. The molecule has 1 aromatic heterocycles. The van der Waals surface area contributed by atoms with Crippen LogP contribution in [0, 0.1) is 0 Å². The summed E-state index contributed by atoms with van der Waals surface area (Å²) >= 11 is 1.68. The van der Waals surface area contributed by atoms with Crippen molar-refractivity contribution in [2.75, 3.05) is 6.26 Å². The number of carbonyl (C=O) groups excluding carboxylic acids is 1. The number of hydrogen-bond donors (Lipinski definition) is 1. The number of nitrogens with zero attached hydrogens (tertiary/aromatic N) is 1.